The Hall–Kier alpha value is -0.520. The summed E-state index contributed by atoms with van der Waals surface area (Å²) >= 11 is 3.26. The van der Waals surface area contributed by atoms with Gasteiger partial charge in [-0.25, -0.2) is 0 Å². The molecule has 0 saturated carbocycles. The van der Waals surface area contributed by atoms with Crippen LogP contribution in [0.15, 0.2) is 11.6 Å². The fourth-order valence-electron chi connectivity index (χ4n) is 1.59. The van der Waals surface area contributed by atoms with Crippen LogP contribution in [0, 0.1) is 5.92 Å². The second kappa shape index (κ2) is 5.42. The molecule has 0 saturated heterocycles. The van der Waals surface area contributed by atoms with Gasteiger partial charge >= 0.3 is 6.18 Å². The Morgan fingerprint density at radius 1 is 1.47 bits per heavy atom. The van der Waals surface area contributed by atoms with Gasteiger partial charge in [0.15, 0.2) is 0 Å². The first-order chi connectivity index (χ1) is 7.73. The predicted octanol–water partition coefficient (Wildman–Crippen LogP) is 3.13. The van der Waals surface area contributed by atoms with Crippen LogP contribution in [-0.2, 0) is 4.79 Å². The van der Waals surface area contributed by atoms with Gasteiger partial charge in [-0.2, -0.15) is 13.2 Å². The van der Waals surface area contributed by atoms with Crippen molar-refractivity contribution in [3.63, 3.8) is 0 Å². The molecule has 0 fully saturated rings. The number of hydrogen-bond acceptors (Lipinski definition) is 1. The van der Waals surface area contributed by atoms with Crippen LogP contribution >= 0.6 is 15.9 Å². The van der Waals surface area contributed by atoms with Gasteiger partial charge in [0.1, 0.15) is 0 Å². The van der Waals surface area contributed by atoms with Crippen molar-refractivity contribution in [3.8, 4) is 0 Å². The zero-order valence-electron chi connectivity index (χ0n) is 9.72. The van der Waals surface area contributed by atoms with Crippen molar-refractivity contribution >= 4 is 21.8 Å². The van der Waals surface area contributed by atoms with E-state index in [0.29, 0.717) is 0 Å². The van der Waals surface area contributed by atoms with Gasteiger partial charge in [0, 0.05) is 18.7 Å². The Labute approximate surface area is 107 Å². The van der Waals surface area contributed by atoms with E-state index in [1.807, 2.05) is 13.8 Å². The molecular weight excluding hydrogens is 299 g/mol. The zero-order valence-corrected chi connectivity index (χ0v) is 11.3. The lowest BCUT2D eigenvalue weighted by molar-refractivity contribution is -0.132. The van der Waals surface area contributed by atoms with Crippen molar-refractivity contribution in [2.75, 3.05) is 13.1 Å². The van der Waals surface area contributed by atoms with Crippen molar-refractivity contribution in [1.29, 1.82) is 0 Å². The molecule has 17 heavy (non-hydrogen) atoms. The normalized spacial score (nSPS) is 19.2. The SMILES string of the molecule is CC(C)C(Br)C(=O)N1CC=C(C(F)(F)F)CC1. The largest absolute Gasteiger partial charge is 0.412 e. The third-order valence-electron chi connectivity index (χ3n) is 2.71. The van der Waals surface area contributed by atoms with Gasteiger partial charge < -0.3 is 4.90 Å². The fourth-order valence-corrected chi connectivity index (χ4v) is 1.88. The predicted molar refractivity (Wildman–Crippen MR) is 62.9 cm³/mol. The van der Waals surface area contributed by atoms with E-state index >= 15 is 0 Å². The smallest absolute Gasteiger partial charge is 0.338 e. The van der Waals surface area contributed by atoms with Crippen LogP contribution in [0.2, 0.25) is 0 Å². The minimum Gasteiger partial charge on any atom is -0.338 e. The first-order valence-corrected chi connectivity index (χ1v) is 6.34. The van der Waals surface area contributed by atoms with E-state index in [1.165, 1.54) is 4.90 Å². The Morgan fingerprint density at radius 2 is 2.06 bits per heavy atom. The first kappa shape index (κ1) is 14.5. The third kappa shape index (κ3) is 3.72. The van der Waals surface area contributed by atoms with Gasteiger partial charge in [-0.05, 0) is 12.3 Å². The molecule has 0 bridgehead atoms. The van der Waals surface area contributed by atoms with Crippen LogP contribution in [0.4, 0.5) is 13.2 Å². The maximum atomic E-state index is 12.4. The van der Waals surface area contributed by atoms with Crippen molar-refractivity contribution in [2.24, 2.45) is 5.92 Å². The molecular formula is C11H15BrF3NO. The molecule has 1 atom stereocenters. The highest BCUT2D eigenvalue weighted by molar-refractivity contribution is 9.10. The van der Waals surface area contributed by atoms with Gasteiger partial charge in [-0.1, -0.05) is 35.9 Å². The second-order valence-corrected chi connectivity index (χ2v) is 5.39. The summed E-state index contributed by atoms with van der Waals surface area (Å²) in [6, 6.07) is 0. The number of nitrogens with zero attached hydrogens (tertiary/aromatic N) is 1. The summed E-state index contributed by atoms with van der Waals surface area (Å²) in [5, 5.41) is 0. The highest BCUT2D eigenvalue weighted by Crippen LogP contribution is 2.30. The summed E-state index contributed by atoms with van der Waals surface area (Å²) in [7, 11) is 0. The summed E-state index contributed by atoms with van der Waals surface area (Å²) in [5.41, 5.74) is -0.530. The Balaban J connectivity index is 2.64. The molecule has 0 aromatic carbocycles. The number of amides is 1. The average Bonchev–Trinajstić information content (AvgIpc) is 2.26. The van der Waals surface area contributed by atoms with Crippen LogP contribution in [0.5, 0.6) is 0 Å². The van der Waals surface area contributed by atoms with Crippen molar-refractivity contribution in [1.82, 2.24) is 4.90 Å². The lowest BCUT2D eigenvalue weighted by Gasteiger charge is -2.29. The van der Waals surface area contributed by atoms with E-state index in [-0.39, 0.29) is 36.2 Å². The number of alkyl halides is 4. The van der Waals surface area contributed by atoms with Crippen LogP contribution in [0.1, 0.15) is 20.3 Å². The summed E-state index contributed by atoms with van der Waals surface area (Å²) < 4.78 is 37.1. The first-order valence-electron chi connectivity index (χ1n) is 5.42. The summed E-state index contributed by atoms with van der Waals surface area (Å²) in [6.07, 6.45) is -3.28. The van der Waals surface area contributed by atoms with E-state index in [4.69, 9.17) is 0 Å². The molecule has 1 aliphatic heterocycles. The Kier molecular flexibility index (Phi) is 4.63. The van der Waals surface area contributed by atoms with Crippen LogP contribution < -0.4 is 0 Å². The minimum absolute atomic E-state index is 0.0441. The molecule has 1 heterocycles. The van der Waals surface area contributed by atoms with Gasteiger partial charge in [0.25, 0.3) is 0 Å². The van der Waals surface area contributed by atoms with Crippen LogP contribution in [0.25, 0.3) is 0 Å². The summed E-state index contributed by atoms with van der Waals surface area (Å²) in [6.45, 7) is 3.96. The van der Waals surface area contributed by atoms with Crippen LogP contribution in [-0.4, -0.2) is 34.9 Å². The monoisotopic (exact) mass is 313 g/mol. The molecule has 1 amide bonds. The number of rotatable bonds is 2. The van der Waals surface area contributed by atoms with Crippen molar-refractivity contribution in [3.05, 3.63) is 11.6 Å². The quantitative estimate of drug-likeness (QED) is 0.566. The molecule has 2 nitrogen and oxygen atoms in total. The number of halogens is 4. The second-order valence-electron chi connectivity index (χ2n) is 4.41. The van der Waals surface area contributed by atoms with Gasteiger partial charge in [0.2, 0.25) is 5.91 Å². The zero-order chi connectivity index (χ0) is 13.2. The molecule has 98 valence electrons. The highest BCUT2D eigenvalue weighted by atomic mass is 79.9. The van der Waals surface area contributed by atoms with Gasteiger partial charge in [0.05, 0.1) is 4.83 Å². The fraction of sp³-hybridized carbons (Fsp3) is 0.727. The van der Waals surface area contributed by atoms with Crippen LogP contribution in [0.3, 0.4) is 0 Å². The molecule has 0 N–H and O–H groups in total. The topological polar surface area (TPSA) is 20.3 Å². The van der Waals surface area contributed by atoms with Crippen molar-refractivity contribution < 1.29 is 18.0 Å². The van der Waals surface area contributed by atoms with E-state index in [9.17, 15) is 18.0 Å². The number of carbonyl (C=O) groups is 1. The van der Waals surface area contributed by atoms with E-state index in [2.05, 4.69) is 15.9 Å². The molecule has 1 rings (SSSR count). The molecule has 0 spiro atoms. The number of carbonyl (C=O) groups excluding carboxylic acids is 1. The van der Waals surface area contributed by atoms with E-state index in [1.54, 1.807) is 0 Å². The molecule has 1 unspecified atom stereocenters. The summed E-state index contributed by atoms with van der Waals surface area (Å²) in [4.78, 5) is 13.0. The number of hydrogen-bond donors (Lipinski definition) is 0. The molecule has 0 aromatic rings. The van der Waals surface area contributed by atoms with E-state index < -0.39 is 11.7 Å². The lowest BCUT2D eigenvalue weighted by Crippen LogP contribution is -2.42. The average molecular weight is 314 g/mol. The standard InChI is InChI=1S/C11H15BrF3NO/c1-7(2)9(12)10(17)16-5-3-8(4-6-16)11(13,14)15/h3,7,9H,4-6H2,1-2H3. The van der Waals surface area contributed by atoms with Gasteiger partial charge in [-0.15, -0.1) is 0 Å². The Morgan fingerprint density at radius 3 is 2.41 bits per heavy atom. The summed E-state index contributed by atoms with van der Waals surface area (Å²) in [5.74, 6) is -0.0204. The molecule has 0 radical (unpaired) electrons. The molecule has 1 aliphatic rings. The maximum absolute atomic E-state index is 12.4. The molecule has 0 aromatic heterocycles. The lowest BCUT2D eigenvalue weighted by atomic mass is 10.1. The highest BCUT2D eigenvalue weighted by Gasteiger charge is 2.36. The minimum atomic E-state index is -4.26. The molecule has 0 aliphatic carbocycles. The molecule has 6 heteroatoms. The van der Waals surface area contributed by atoms with Gasteiger partial charge in [-0.3, -0.25) is 4.79 Å². The third-order valence-corrected chi connectivity index (χ3v) is 4.16. The van der Waals surface area contributed by atoms with E-state index in [0.717, 1.165) is 6.08 Å². The maximum Gasteiger partial charge on any atom is 0.412 e. The van der Waals surface area contributed by atoms with Crippen molar-refractivity contribution in [2.45, 2.75) is 31.3 Å². The Bertz CT molecular complexity index is 325.